The van der Waals surface area contributed by atoms with Gasteiger partial charge in [-0.3, -0.25) is 0 Å². The fourth-order valence-electron chi connectivity index (χ4n) is 3.38. The fourth-order valence-corrected chi connectivity index (χ4v) is 3.38. The van der Waals surface area contributed by atoms with Crippen LogP contribution in [0.1, 0.15) is 47.8 Å². The topological polar surface area (TPSA) is 42.2 Å². The van der Waals surface area contributed by atoms with E-state index in [1.807, 2.05) is 10.6 Å². The average Bonchev–Trinajstić information content (AvgIpc) is 2.91. The van der Waals surface area contributed by atoms with Crippen molar-refractivity contribution in [1.29, 1.82) is 0 Å². The third-order valence-corrected chi connectivity index (χ3v) is 4.32. The van der Waals surface area contributed by atoms with E-state index in [0.717, 1.165) is 31.5 Å². The number of fused-ring (bicyclic) bond motifs is 1. The van der Waals surface area contributed by atoms with Crippen molar-refractivity contribution in [3.05, 3.63) is 47.2 Å². The van der Waals surface area contributed by atoms with E-state index in [1.54, 1.807) is 6.07 Å². The van der Waals surface area contributed by atoms with E-state index in [-0.39, 0.29) is 0 Å². The third-order valence-electron chi connectivity index (χ3n) is 4.32. The van der Waals surface area contributed by atoms with Gasteiger partial charge in [0.2, 0.25) is 0 Å². The molecule has 1 aliphatic carbocycles. The number of benzene rings is 1. The van der Waals surface area contributed by atoms with Crippen LogP contribution in [0.3, 0.4) is 0 Å². The Morgan fingerprint density at radius 2 is 2.00 bits per heavy atom. The van der Waals surface area contributed by atoms with Gasteiger partial charge >= 0.3 is 5.97 Å². The number of aryl methyl sites for hydroxylation is 1. The van der Waals surface area contributed by atoms with Crippen molar-refractivity contribution >= 4 is 5.97 Å². The van der Waals surface area contributed by atoms with Crippen molar-refractivity contribution in [1.82, 2.24) is 4.57 Å². The van der Waals surface area contributed by atoms with Crippen LogP contribution in [0.4, 0.5) is 0 Å². The van der Waals surface area contributed by atoms with E-state index in [9.17, 15) is 9.90 Å². The lowest BCUT2D eigenvalue weighted by Gasteiger charge is -2.20. The molecule has 0 spiro atoms. The summed E-state index contributed by atoms with van der Waals surface area (Å²) in [5.41, 5.74) is 5.50. The molecule has 0 radical (unpaired) electrons. The van der Waals surface area contributed by atoms with E-state index in [2.05, 4.69) is 25.1 Å². The Bertz CT molecular complexity index is 670. The molecule has 0 aliphatic heterocycles. The first-order valence-corrected chi connectivity index (χ1v) is 7.76. The minimum Gasteiger partial charge on any atom is -0.477 e. The van der Waals surface area contributed by atoms with Gasteiger partial charge in [-0.2, -0.15) is 0 Å². The van der Waals surface area contributed by atoms with E-state index in [0.29, 0.717) is 5.69 Å². The second-order valence-corrected chi connectivity index (χ2v) is 5.71. The van der Waals surface area contributed by atoms with Crippen LogP contribution in [-0.4, -0.2) is 15.6 Å². The maximum Gasteiger partial charge on any atom is 0.352 e. The Morgan fingerprint density at radius 3 is 2.76 bits per heavy atom. The predicted octanol–water partition coefficient (Wildman–Crippen LogP) is 4.14. The summed E-state index contributed by atoms with van der Waals surface area (Å²) in [5, 5.41) is 9.37. The number of hydrogen-bond acceptors (Lipinski definition) is 1. The second-order valence-electron chi connectivity index (χ2n) is 5.71. The molecule has 0 atom stereocenters. The maximum absolute atomic E-state index is 11.4. The van der Waals surface area contributed by atoms with Crippen molar-refractivity contribution < 1.29 is 9.90 Å². The lowest BCUT2D eigenvalue weighted by Crippen LogP contribution is -2.11. The molecule has 1 aromatic carbocycles. The van der Waals surface area contributed by atoms with E-state index in [1.165, 1.54) is 29.5 Å². The van der Waals surface area contributed by atoms with Crippen LogP contribution < -0.4 is 0 Å². The zero-order chi connectivity index (χ0) is 14.8. The summed E-state index contributed by atoms with van der Waals surface area (Å²) in [6.07, 6.45) is 5.66. The molecule has 1 heterocycles. The number of rotatable bonds is 4. The summed E-state index contributed by atoms with van der Waals surface area (Å²) in [6, 6.07) is 10.1. The first-order chi connectivity index (χ1) is 10.2. The molecule has 3 rings (SSSR count). The molecule has 0 fully saturated rings. The zero-order valence-electron chi connectivity index (χ0n) is 12.4. The molecule has 0 saturated heterocycles. The molecule has 3 heteroatoms. The molecule has 2 aromatic rings. The zero-order valence-corrected chi connectivity index (χ0v) is 12.4. The van der Waals surface area contributed by atoms with E-state index < -0.39 is 5.97 Å². The summed E-state index contributed by atoms with van der Waals surface area (Å²) in [7, 11) is 0. The normalized spacial score (nSPS) is 14.0. The minimum atomic E-state index is -0.848. The highest BCUT2D eigenvalue weighted by Crippen LogP contribution is 2.32. The van der Waals surface area contributed by atoms with Crippen LogP contribution in [0.2, 0.25) is 0 Å². The first-order valence-electron chi connectivity index (χ1n) is 7.76. The molecule has 1 aromatic heterocycles. The van der Waals surface area contributed by atoms with Crippen LogP contribution in [0.25, 0.3) is 11.3 Å². The summed E-state index contributed by atoms with van der Waals surface area (Å²) in [6.45, 7) is 2.82. The lowest BCUT2D eigenvalue weighted by molar-refractivity contribution is 0.0685. The molecule has 1 aliphatic rings. The summed E-state index contributed by atoms with van der Waals surface area (Å²) in [4.78, 5) is 11.4. The Balaban J connectivity index is 2.15. The summed E-state index contributed by atoms with van der Waals surface area (Å²) in [5.74, 6) is -0.848. The van der Waals surface area contributed by atoms with Gasteiger partial charge in [0, 0.05) is 17.8 Å². The SMILES string of the molecule is CCCn1c(C(=O)O)ccc1-c1cccc2c1CCCC2. The molecule has 0 bridgehead atoms. The summed E-state index contributed by atoms with van der Waals surface area (Å²) < 4.78 is 1.95. The molecule has 0 amide bonds. The average molecular weight is 283 g/mol. The largest absolute Gasteiger partial charge is 0.477 e. The van der Waals surface area contributed by atoms with E-state index >= 15 is 0 Å². The molecule has 110 valence electrons. The van der Waals surface area contributed by atoms with Gasteiger partial charge in [-0.1, -0.05) is 25.1 Å². The Kier molecular flexibility index (Phi) is 3.82. The number of hydrogen-bond donors (Lipinski definition) is 1. The van der Waals surface area contributed by atoms with Gasteiger partial charge < -0.3 is 9.67 Å². The van der Waals surface area contributed by atoms with Gasteiger partial charge in [0.25, 0.3) is 0 Å². The maximum atomic E-state index is 11.4. The Labute approximate surface area is 125 Å². The van der Waals surface area contributed by atoms with Crippen molar-refractivity contribution in [3.8, 4) is 11.3 Å². The van der Waals surface area contributed by atoms with Crippen LogP contribution in [-0.2, 0) is 19.4 Å². The number of aromatic carboxylic acids is 1. The van der Waals surface area contributed by atoms with Crippen LogP contribution in [0.5, 0.6) is 0 Å². The van der Waals surface area contributed by atoms with Gasteiger partial charge in [-0.05, 0) is 55.4 Å². The van der Waals surface area contributed by atoms with Crippen molar-refractivity contribution in [2.45, 2.75) is 45.6 Å². The quantitative estimate of drug-likeness (QED) is 0.916. The van der Waals surface area contributed by atoms with Gasteiger partial charge in [0.15, 0.2) is 0 Å². The molecule has 1 N–H and O–H groups in total. The van der Waals surface area contributed by atoms with Crippen molar-refractivity contribution in [2.75, 3.05) is 0 Å². The van der Waals surface area contributed by atoms with Crippen LogP contribution in [0.15, 0.2) is 30.3 Å². The molecular formula is C18H21NO2. The lowest BCUT2D eigenvalue weighted by atomic mass is 9.87. The smallest absolute Gasteiger partial charge is 0.352 e. The molecule has 0 saturated carbocycles. The standard InChI is InChI=1S/C18H21NO2/c1-2-12-19-16(10-11-17(19)18(20)21)15-9-5-7-13-6-3-4-8-14(13)15/h5,7,9-11H,2-4,6,8,12H2,1H3,(H,20,21). The van der Waals surface area contributed by atoms with Gasteiger partial charge in [-0.25, -0.2) is 4.79 Å². The number of carboxylic acids is 1. The molecule has 21 heavy (non-hydrogen) atoms. The number of carbonyl (C=O) groups is 1. The third kappa shape index (κ3) is 2.48. The number of aromatic nitrogens is 1. The predicted molar refractivity (Wildman–Crippen MR) is 83.8 cm³/mol. The van der Waals surface area contributed by atoms with Crippen molar-refractivity contribution in [2.24, 2.45) is 0 Å². The van der Waals surface area contributed by atoms with Crippen molar-refractivity contribution in [3.63, 3.8) is 0 Å². The molecule has 0 unspecified atom stereocenters. The Hall–Kier alpha value is -2.03. The van der Waals surface area contributed by atoms with Gasteiger partial charge in [0.1, 0.15) is 5.69 Å². The summed E-state index contributed by atoms with van der Waals surface area (Å²) >= 11 is 0. The number of nitrogens with zero attached hydrogens (tertiary/aromatic N) is 1. The monoisotopic (exact) mass is 283 g/mol. The first kappa shape index (κ1) is 13.9. The van der Waals surface area contributed by atoms with Gasteiger partial charge in [-0.15, -0.1) is 0 Å². The van der Waals surface area contributed by atoms with Crippen LogP contribution in [0, 0.1) is 0 Å². The molecular weight excluding hydrogens is 262 g/mol. The fraction of sp³-hybridized carbons (Fsp3) is 0.389. The molecule has 3 nitrogen and oxygen atoms in total. The highest BCUT2D eigenvalue weighted by Gasteiger charge is 2.19. The number of carboxylic acid groups (broad SMARTS) is 1. The second kappa shape index (κ2) is 5.76. The van der Waals surface area contributed by atoms with Crippen LogP contribution >= 0.6 is 0 Å². The highest BCUT2D eigenvalue weighted by atomic mass is 16.4. The van der Waals surface area contributed by atoms with E-state index in [4.69, 9.17) is 0 Å². The van der Waals surface area contributed by atoms with Gasteiger partial charge in [0.05, 0.1) is 0 Å². The highest BCUT2D eigenvalue weighted by molar-refractivity contribution is 5.87. The Morgan fingerprint density at radius 1 is 1.19 bits per heavy atom. The minimum absolute atomic E-state index is 0.389.